The quantitative estimate of drug-likeness (QED) is 0.524. The smallest absolute Gasteiger partial charge is 0.255 e. The number of hydrogen-bond acceptors (Lipinski definition) is 3. The zero-order valence-corrected chi connectivity index (χ0v) is 18.0. The highest BCUT2D eigenvalue weighted by molar-refractivity contribution is 8.00. The van der Waals surface area contributed by atoms with Crippen LogP contribution in [0.5, 0.6) is 0 Å². The minimum Gasteiger partial charge on any atom is -0.322 e. The molecule has 0 aromatic heterocycles. The fourth-order valence-electron chi connectivity index (χ4n) is 3.65. The van der Waals surface area contributed by atoms with Crippen LogP contribution < -0.4 is 5.32 Å². The maximum atomic E-state index is 13.4. The molecular weight excluding hydrogens is 435 g/mol. The molecule has 160 valence electrons. The molecule has 1 aliphatic rings. The van der Waals surface area contributed by atoms with E-state index in [1.165, 1.54) is 17.8 Å². The summed E-state index contributed by atoms with van der Waals surface area (Å²) >= 11 is 7.84. The lowest BCUT2D eigenvalue weighted by molar-refractivity contribution is -0.128. The van der Waals surface area contributed by atoms with E-state index in [-0.39, 0.29) is 28.3 Å². The van der Waals surface area contributed by atoms with Gasteiger partial charge in [0.15, 0.2) is 17.5 Å². The van der Waals surface area contributed by atoms with Crippen molar-refractivity contribution in [2.75, 3.05) is 5.32 Å². The molecule has 0 spiro atoms. The van der Waals surface area contributed by atoms with Gasteiger partial charge in [0.05, 0.1) is 5.02 Å². The topological polar surface area (TPSA) is 46.2 Å². The van der Waals surface area contributed by atoms with E-state index >= 15 is 0 Å². The average Bonchev–Trinajstić information content (AvgIpc) is 2.70. The van der Waals surface area contributed by atoms with Crippen molar-refractivity contribution in [2.45, 2.75) is 43.3 Å². The van der Waals surface area contributed by atoms with E-state index in [0.717, 1.165) is 19.3 Å². The number of hydrogen-bond donors (Lipinski definition) is 1. The first-order chi connectivity index (χ1) is 14.2. The highest BCUT2D eigenvalue weighted by Gasteiger charge is 2.33. The molecular formula is C22H21ClF3NO2S. The number of thioether (sulfide) groups is 1. The Balaban J connectivity index is 1.76. The molecule has 8 heteroatoms. The predicted octanol–water partition coefficient (Wildman–Crippen LogP) is 6.50. The summed E-state index contributed by atoms with van der Waals surface area (Å²) in [5, 5.41) is 3.04. The maximum Gasteiger partial charge on any atom is 0.255 e. The van der Waals surface area contributed by atoms with Crippen LogP contribution in [0.4, 0.5) is 18.9 Å². The van der Waals surface area contributed by atoms with Crippen molar-refractivity contribution in [3.8, 4) is 0 Å². The van der Waals surface area contributed by atoms with E-state index in [0.29, 0.717) is 27.8 Å². The molecule has 3 nitrogen and oxygen atoms in total. The second kappa shape index (κ2) is 9.43. The Morgan fingerprint density at radius 3 is 2.47 bits per heavy atom. The van der Waals surface area contributed by atoms with E-state index in [4.69, 9.17) is 11.6 Å². The van der Waals surface area contributed by atoms with Crippen molar-refractivity contribution in [3.63, 3.8) is 0 Å². The third kappa shape index (κ3) is 5.01. The van der Waals surface area contributed by atoms with E-state index in [2.05, 4.69) is 5.32 Å². The van der Waals surface area contributed by atoms with Crippen molar-refractivity contribution in [1.29, 1.82) is 0 Å². The number of rotatable bonds is 5. The van der Waals surface area contributed by atoms with Gasteiger partial charge in [-0.1, -0.05) is 25.4 Å². The fraction of sp³-hybridized carbons (Fsp3) is 0.364. The van der Waals surface area contributed by atoms with Crippen molar-refractivity contribution >= 4 is 40.7 Å². The molecule has 2 aromatic rings. The number of benzene rings is 2. The van der Waals surface area contributed by atoms with Gasteiger partial charge >= 0.3 is 0 Å². The molecule has 3 atom stereocenters. The Bertz CT molecular complexity index is 962. The van der Waals surface area contributed by atoms with Crippen molar-refractivity contribution < 1.29 is 22.8 Å². The predicted molar refractivity (Wildman–Crippen MR) is 113 cm³/mol. The van der Waals surface area contributed by atoms with Crippen molar-refractivity contribution in [3.05, 3.63) is 58.4 Å². The third-order valence-corrected chi connectivity index (χ3v) is 7.03. The van der Waals surface area contributed by atoms with Gasteiger partial charge in [-0.3, -0.25) is 9.59 Å². The van der Waals surface area contributed by atoms with Crippen LogP contribution in [0.25, 0.3) is 0 Å². The zero-order chi connectivity index (χ0) is 22.0. The van der Waals surface area contributed by atoms with Crippen molar-refractivity contribution in [1.82, 2.24) is 0 Å². The van der Waals surface area contributed by atoms with Gasteiger partial charge in [-0.25, -0.2) is 13.2 Å². The lowest BCUT2D eigenvalue weighted by Crippen LogP contribution is -2.32. The molecule has 1 fully saturated rings. The number of amides is 1. The largest absolute Gasteiger partial charge is 0.322 e. The standard InChI is InChI=1S/C22H21ClF3NO2S/c1-3-12-7-15(6-11(2)21(12)28)30-19-8-13(4-5-16(19)23)22(29)27-14-9-17(24)20(26)18(25)10-14/h4-5,8-12,15H,3,6-7H2,1-2H3,(H,27,29). The summed E-state index contributed by atoms with van der Waals surface area (Å²) < 4.78 is 39.9. The Kier molecular flexibility index (Phi) is 7.14. The third-order valence-electron chi connectivity index (χ3n) is 5.27. The second-order valence-electron chi connectivity index (χ2n) is 7.47. The van der Waals surface area contributed by atoms with Crippen LogP contribution in [0, 0.1) is 29.3 Å². The molecule has 0 aliphatic heterocycles. The number of carbonyl (C=O) groups excluding carboxylic acids is 2. The summed E-state index contributed by atoms with van der Waals surface area (Å²) in [4.78, 5) is 25.5. The number of Topliss-reactive ketones (excluding diaryl/α,β-unsaturated/α-hetero) is 1. The average molecular weight is 456 g/mol. The number of halogens is 4. The summed E-state index contributed by atoms with van der Waals surface area (Å²) in [6.45, 7) is 3.94. The van der Waals surface area contributed by atoms with Gasteiger partial charge in [0.1, 0.15) is 5.78 Å². The summed E-state index contributed by atoms with van der Waals surface area (Å²) in [6.07, 6.45) is 2.29. The number of ketones is 1. The van der Waals surface area contributed by atoms with Crippen LogP contribution >= 0.6 is 23.4 Å². The Labute approximate surface area is 182 Å². The molecule has 3 unspecified atom stereocenters. The van der Waals surface area contributed by atoms with Crippen LogP contribution in [0.1, 0.15) is 43.5 Å². The first-order valence-electron chi connectivity index (χ1n) is 9.65. The Morgan fingerprint density at radius 1 is 1.17 bits per heavy atom. The molecule has 30 heavy (non-hydrogen) atoms. The number of nitrogens with one attached hydrogen (secondary N) is 1. The van der Waals surface area contributed by atoms with Gasteiger partial charge in [0.25, 0.3) is 5.91 Å². The van der Waals surface area contributed by atoms with Gasteiger partial charge in [-0.2, -0.15) is 0 Å². The molecule has 0 heterocycles. The minimum atomic E-state index is -1.59. The molecule has 2 aromatic carbocycles. The molecule has 0 bridgehead atoms. The molecule has 0 saturated heterocycles. The van der Waals surface area contributed by atoms with E-state index in [1.54, 1.807) is 12.1 Å². The van der Waals surface area contributed by atoms with Gasteiger partial charge in [0.2, 0.25) is 0 Å². The van der Waals surface area contributed by atoms with Crippen LogP contribution in [0.2, 0.25) is 5.02 Å². The monoisotopic (exact) mass is 455 g/mol. The molecule has 3 rings (SSSR count). The number of anilines is 1. The SMILES string of the molecule is CCC1CC(Sc2cc(C(=O)Nc3cc(F)c(F)c(F)c3)ccc2Cl)CC(C)C1=O. The van der Waals surface area contributed by atoms with Gasteiger partial charge in [-0.15, -0.1) is 11.8 Å². The van der Waals surface area contributed by atoms with Crippen molar-refractivity contribution in [2.24, 2.45) is 11.8 Å². The summed E-state index contributed by atoms with van der Waals surface area (Å²) in [7, 11) is 0. The molecule has 1 amide bonds. The normalized spacial score (nSPS) is 21.5. The number of carbonyl (C=O) groups is 2. The van der Waals surface area contributed by atoms with E-state index in [9.17, 15) is 22.8 Å². The van der Waals surface area contributed by atoms with Gasteiger partial charge in [0, 0.05) is 45.4 Å². The fourth-order valence-corrected chi connectivity index (χ4v) is 5.35. The summed E-state index contributed by atoms with van der Waals surface area (Å²) in [5.74, 6) is -4.66. The summed E-state index contributed by atoms with van der Waals surface area (Å²) in [6, 6.07) is 6.13. The van der Waals surface area contributed by atoms with Crippen LogP contribution in [-0.4, -0.2) is 16.9 Å². The van der Waals surface area contributed by atoms with E-state index < -0.39 is 23.4 Å². The lowest BCUT2D eigenvalue weighted by Gasteiger charge is -2.31. The summed E-state index contributed by atoms with van der Waals surface area (Å²) in [5.41, 5.74) is 0.0602. The minimum absolute atomic E-state index is 0.0188. The molecule has 1 aliphatic carbocycles. The zero-order valence-electron chi connectivity index (χ0n) is 16.5. The maximum absolute atomic E-state index is 13.4. The lowest BCUT2D eigenvalue weighted by atomic mass is 9.79. The highest BCUT2D eigenvalue weighted by Crippen LogP contribution is 2.40. The first-order valence-corrected chi connectivity index (χ1v) is 10.9. The first kappa shape index (κ1) is 22.7. The second-order valence-corrected chi connectivity index (χ2v) is 9.22. The van der Waals surface area contributed by atoms with Crippen LogP contribution in [0.3, 0.4) is 0 Å². The highest BCUT2D eigenvalue weighted by atomic mass is 35.5. The molecule has 1 N–H and O–H groups in total. The Morgan fingerprint density at radius 2 is 1.83 bits per heavy atom. The van der Waals surface area contributed by atoms with Crippen LogP contribution in [-0.2, 0) is 4.79 Å². The molecule has 0 radical (unpaired) electrons. The molecule has 1 saturated carbocycles. The Hall–Kier alpha value is -1.99. The van der Waals surface area contributed by atoms with Gasteiger partial charge < -0.3 is 5.32 Å². The van der Waals surface area contributed by atoms with Gasteiger partial charge in [-0.05, 0) is 37.5 Å². The van der Waals surface area contributed by atoms with Crippen LogP contribution in [0.15, 0.2) is 35.2 Å². The van der Waals surface area contributed by atoms with E-state index in [1.807, 2.05) is 13.8 Å².